The molecule has 0 saturated heterocycles. The van der Waals surface area contributed by atoms with E-state index in [0.29, 0.717) is 23.0 Å². The zero-order chi connectivity index (χ0) is 17.7. The summed E-state index contributed by atoms with van der Waals surface area (Å²) in [5.41, 5.74) is 2.85. The summed E-state index contributed by atoms with van der Waals surface area (Å²) in [6, 6.07) is 8.03. The molecule has 26 heavy (non-hydrogen) atoms. The summed E-state index contributed by atoms with van der Waals surface area (Å²) in [5, 5.41) is 6.73. The van der Waals surface area contributed by atoms with Gasteiger partial charge in [0.05, 0.1) is 5.56 Å². The minimum absolute atomic E-state index is 0.0437. The molecule has 0 bridgehead atoms. The molecule has 1 aromatic heterocycles. The van der Waals surface area contributed by atoms with Crippen LogP contribution in [0.4, 0.5) is 5.00 Å². The number of ether oxygens (including phenoxy) is 1. The maximum absolute atomic E-state index is 12.8. The third kappa shape index (κ3) is 2.78. The predicted molar refractivity (Wildman–Crippen MR) is 100 cm³/mol. The van der Waals surface area contributed by atoms with Crippen molar-refractivity contribution in [1.82, 2.24) is 5.32 Å². The van der Waals surface area contributed by atoms with Crippen molar-refractivity contribution in [2.24, 2.45) is 0 Å². The molecule has 134 valence electrons. The van der Waals surface area contributed by atoms with Crippen LogP contribution in [0.2, 0.25) is 0 Å². The molecule has 1 aliphatic heterocycles. The highest BCUT2D eigenvalue weighted by Crippen LogP contribution is 2.40. The lowest BCUT2D eigenvalue weighted by Gasteiger charge is -2.12. The second-order valence-electron chi connectivity index (χ2n) is 7.22. The lowest BCUT2D eigenvalue weighted by atomic mass is 10.1. The van der Waals surface area contributed by atoms with Crippen LogP contribution in [0.3, 0.4) is 0 Å². The number of carbonyl (C=O) groups excluding carboxylic acids is 2. The molecule has 2 N–H and O–H groups in total. The van der Waals surface area contributed by atoms with Crippen LogP contribution < -0.4 is 15.4 Å². The van der Waals surface area contributed by atoms with Gasteiger partial charge in [0.2, 0.25) is 0 Å². The molecule has 5 rings (SSSR count). The topological polar surface area (TPSA) is 67.4 Å². The standard InChI is InChI=1S/C20H20N2O3S/c23-18(15-10-11-4-1-2-6-14(11)25-15)22-20-17(19(24)21-12-8-9-12)13-5-3-7-16(13)26-20/h1-2,4,6,12,15H,3,5,7-10H2,(H,21,24)(H,22,23)/t15-/m0/s1. The first-order valence-corrected chi connectivity index (χ1v) is 10.0. The molecule has 1 saturated carbocycles. The Balaban J connectivity index is 1.37. The molecule has 0 radical (unpaired) electrons. The summed E-state index contributed by atoms with van der Waals surface area (Å²) in [5.74, 6) is 0.549. The number of hydrogen-bond donors (Lipinski definition) is 2. The van der Waals surface area contributed by atoms with Crippen molar-refractivity contribution in [3.63, 3.8) is 0 Å². The number of amides is 2. The quantitative estimate of drug-likeness (QED) is 0.872. The van der Waals surface area contributed by atoms with Gasteiger partial charge in [-0.2, -0.15) is 0 Å². The highest BCUT2D eigenvalue weighted by Gasteiger charge is 2.33. The van der Waals surface area contributed by atoms with Crippen LogP contribution in [0.25, 0.3) is 0 Å². The number of thiophene rings is 1. The molecule has 2 heterocycles. The van der Waals surface area contributed by atoms with E-state index < -0.39 is 6.10 Å². The molecule has 1 aromatic carbocycles. The Labute approximate surface area is 155 Å². The maximum atomic E-state index is 12.8. The first-order chi connectivity index (χ1) is 12.7. The first-order valence-electron chi connectivity index (χ1n) is 9.20. The van der Waals surface area contributed by atoms with Gasteiger partial charge in [0.25, 0.3) is 11.8 Å². The molecule has 2 aliphatic carbocycles. The number of hydrogen-bond acceptors (Lipinski definition) is 4. The Bertz CT molecular complexity index is 875. The van der Waals surface area contributed by atoms with Gasteiger partial charge in [-0.05, 0) is 49.3 Å². The van der Waals surface area contributed by atoms with Gasteiger partial charge in [-0.25, -0.2) is 0 Å². The number of aryl methyl sites for hydroxylation is 1. The number of rotatable bonds is 4. The third-order valence-electron chi connectivity index (χ3n) is 5.24. The van der Waals surface area contributed by atoms with E-state index in [0.717, 1.165) is 49.0 Å². The van der Waals surface area contributed by atoms with Gasteiger partial charge in [0.1, 0.15) is 10.8 Å². The molecule has 1 atom stereocenters. The van der Waals surface area contributed by atoms with Crippen molar-refractivity contribution in [3.05, 3.63) is 45.8 Å². The van der Waals surface area contributed by atoms with E-state index in [1.165, 1.54) is 4.88 Å². The van der Waals surface area contributed by atoms with Crippen molar-refractivity contribution in [2.45, 2.75) is 50.7 Å². The first kappa shape index (κ1) is 15.9. The summed E-state index contributed by atoms with van der Waals surface area (Å²) in [4.78, 5) is 26.7. The van der Waals surface area contributed by atoms with E-state index in [9.17, 15) is 9.59 Å². The minimum atomic E-state index is -0.538. The Morgan fingerprint density at radius 3 is 2.81 bits per heavy atom. The summed E-state index contributed by atoms with van der Waals surface area (Å²) in [6.07, 6.45) is 5.12. The van der Waals surface area contributed by atoms with Crippen LogP contribution in [-0.2, 0) is 24.1 Å². The fraction of sp³-hybridized carbons (Fsp3) is 0.400. The van der Waals surface area contributed by atoms with Gasteiger partial charge >= 0.3 is 0 Å². The minimum Gasteiger partial charge on any atom is -0.480 e. The lowest BCUT2D eigenvalue weighted by Crippen LogP contribution is -2.32. The molecule has 2 amide bonds. The SMILES string of the molecule is O=C(NC1CC1)c1c(NC(=O)[C@@H]2Cc3ccccc3O2)sc2c1CCC2. The van der Waals surface area contributed by atoms with E-state index in [1.807, 2.05) is 24.3 Å². The van der Waals surface area contributed by atoms with Crippen LogP contribution >= 0.6 is 11.3 Å². The van der Waals surface area contributed by atoms with Crippen LogP contribution in [-0.4, -0.2) is 24.0 Å². The van der Waals surface area contributed by atoms with E-state index in [2.05, 4.69) is 10.6 Å². The number of para-hydroxylation sites is 1. The Morgan fingerprint density at radius 2 is 2.00 bits per heavy atom. The zero-order valence-corrected chi connectivity index (χ0v) is 15.2. The van der Waals surface area contributed by atoms with Gasteiger partial charge in [-0.1, -0.05) is 18.2 Å². The highest BCUT2D eigenvalue weighted by atomic mass is 32.1. The van der Waals surface area contributed by atoms with Crippen LogP contribution in [0.15, 0.2) is 24.3 Å². The number of fused-ring (bicyclic) bond motifs is 2. The van der Waals surface area contributed by atoms with Crippen LogP contribution in [0, 0.1) is 0 Å². The average molecular weight is 368 g/mol. The second-order valence-corrected chi connectivity index (χ2v) is 8.32. The molecule has 1 fully saturated rings. The molecule has 0 unspecified atom stereocenters. The summed E-state index contributed by atoms with van der Waals surface area (Å²) < 4.78 is 5.79. The molecule has 3 aliphatic rings. The number of nitrogens with one attached hydrogen (secondary N) is 2. The molecule has 2 aromatic rings. The van der Waals surface area contributed by atoms with E-state index in [4.69, 9.17) is 4.74 Å². The third-order valence-corrected chi connectivity index (χ3v) is 6.44. The highest BCUT2D eigenvalue weighted by molar-refractivity contribution is 7.17. The van der Waals surface area contributed by atoms with Gasteiger partial charge in [0.15, 0.2) is 6.10 Å². The maximum Gasteiger partial charge on any atom is 0.266 e. The zero-order valence-electron chi connectivity index (χ0n) is 14.3. The number of carbonyl (C=O) groups is 2. The summed E-state index contributed by atoms with van der Waals surface area (Å²) in [7, 11) is 0. The normalized spacial score (nSPS) is 20.2. The van der Waals surface area contributed by atoms with Gasteiger partial charge in [-0.3, -0.25) is 9.59 Å². The lowest BCUT2D eigenvalue weighted by molar-refractivity contribution is -0.122. The fourth-order valence-electron chi connectivity index (χ4n) is 3.74. The van der Waals surface area contributed by atoms with E-state index in [-0.39, 0.29) is 11.8 Å². The van der Waals surface area contributed by atoms with Crippen molar-refractivity contribution in [3.8, 4) is 5.75 Å². The number of anilines is 1. The second kappa shape index (κ2) is 6.13. The van der Waals surface area contributed by atoms with Crippen LogP contribution in [0.1, 0.15) is 45.6 Å². The molecule has 6 heteroatoms. The predicted octanol–water partition coefficient (Wildman–Crippen LogP) is 3.07. The van der Waals surface area contributed by atoms with Gasteiger partial charge in [-0.15, -0.1) is 11.3 Å². The van der Waals surface area contributed by atoms with E-state index >= 15 is 0 Å². The van der Waals surface area contributed by atoms with E-state index in [1.54, 1.807) is 11.3 Å². The monoisotopic (exact) mass is 368 g/mol. The van der Waals surface area contributed by atoms with Crippen LogP contribution in [0.5, 0.6) is 5.75 Å². The molecule has 0 spiro atoms. The number of benzene rings is 1. The summed E-state index contributed by atoms with van der Waals surface area (Å²) in [6.45, 7) is 0. The molecular weight excluding hydrogens is 348 g/mol. The summed E-state index contributed by atoms with van der Waals surface area (Å²) >= 11 is 1.55. The largest absolute Gasteiger partial charge is 0.480 e. The van der Waals surface area contributed by atoms with Crippen molar-refractivity contribution < 1.29 is 14.3 Å². The smallest absolute Gasteiger partial charge is 0.266 e. The van der Waals surface area contributed by atoms with Gasteiger partial charge < -0.3 is 15.4 Å². The Morgan fingerprint density at radius 1 is 1.15 bits per heavy atom. The molecule has 5 nitrogen and oxygen atoms in total. The molecular formula is C20H20N2O3S. The van der Waals surface area contributed by atoms with Crippen molar-refractivity contribution >= 4 is 28.2 Å². The fourth-order valence-corrected chi connectivity index (χ4v) is 5.03. The van der Waals surface area contributed by atoms with Gasteiger partial charge in [0, 0.05) is 17.3 Å². The van der Waals surface area contributed by atoms with Crippen molar-refractivity contribution in [1.29, 1.82) is 0 Å². The van der Waals surface area contributed by atoms with Crippen molar-refractivity contribution in [2.75, 3.05) is 5.32 Å². The Hall–Kier alpha value is -2.34. The average Bonchev–Trinajstić information content (AvgIpc) is 3.05. The Kier molecular flexibility index (Phi) is 3.74.